The fraction of sp³-hybridized carbons (Fsp3) is 0.364. The number of aromatic nitrogens is 2. The highest BCUT2D eigenvalue weighted by atomic mass is 15.3. The summed E-state index contributed by atoms with van der Waals surface area (Å²) in [4.78, 5) is 0. The Morgan fingerprint density at radius 3 is 3.00 bits per heavy atom. The van der Waals surface area contributed by atoms with Crippen molar-refractivity contribution in [3.05, 3.63) is 23.8 Å². The first kappa shape index (κ1) is 9.98. The van der Waals surface area contributed by atoms with Crippen molar-refractivity contribution in [1.82, 2.24) is 9.78 Å². The molecule has 0 aliphatic heterocycles. The first-order valence-electron chi connectivity index (χ1n) is 5.09. The number of nitrogens with zero attached hydrogens (tertiary/aromatic N) is 2. The minimum atomic E-state index is 0.615. The number of anilines is 1. The number of rotatable bonds is 3. The Labute approximate surface area is 89.1 Å². The normalized spacial score (nSPS) is 10.9. The Kier molecular flexibility index (Phi) is 2.60. The second-order valence-corrected chi connectivity index (χ2v) is 3.71. The van der Waals surface area contributed by atoms with E-state index in [1.165, 1.54) is 5.56 Å². The van der Waals surface area contributed by atoms with Crippen LogP contribution in [0.2, 0.25) is 0 Å². The van der Waals surface area contributed by atoms with Gasteiger partial charge in [-0.25, -0.2) is 0 Å². The molecule has 1 heterocycles. The summed E-state index contributed by atoms with van der Waals surface area (Å²) in [7, 11) is 1.95. The molecule has 0 spiro atoms. The standard InChI is InChI=1S/C11H16N4/c1-8-3-4-10-9(7-8)11(13-6-5-12)14-15(10)2/h3-4,7H,5-6,12H2,1-2H3,(H,13,14). The van der Waals surface area contributed by atoms with Gasteiger partial charge in [-0.3, -0.25) is 4.68 Å². The Bertz CT molecular complexity index is 473. The summed E-state index contributed by atoms with van der Waals surface area (Å²) < 4.78 is 1.88. The third kappa shape index (κ3) is 1.80. The van der Waals surface area contributed by atoms with E-state index in [-0.39, 0.29) is 0 Å². The Morgan fingerprint density at radius 1 is 1.47 bits per heavy atom. The maximum Gasteiger partial charge on any atom is 0.156 e. The molecular weight excluding hydrogens is 188 g/mol. The monoisotopic (exact) mass is 204 g/mol. The molecule has 0 aliphatic rings. The van der Waals surface area contributed by atoms with Gasteiger partial charge in [-0.05, 0) is 19.1 Å². The second-order valence-electron chi connectivity index (χ2n) is 3.71. The van der Waals surface area contributed by atoms with Gasteiger partial charge in [0.05, 0.1) is 5.52 Å². The van der Waals surface area contributed by atoms with E-state index in [0.29, 0.717) is 6.54 Å². The van der Waals surface area contributed by atoms with Gasteiger partial charge in [0.1, 0.15) is 0 Å². The molecule has 0 bridgehead atoms. The number of nitrogens with two attached hydrogens (primary N) is 1. The van der Waals surface area contributed by atoms with Crippen LogP contribution >= 0.6 is 0 Å². The van der Waals surface area contributed by atoms with Gasteiger partial charge in [-0.1, -0.05) is 11.6 Å². The Balaban J connectivity index is 2.49. The molecule has 0 saturated carbocycles. The molecule has 0 aliphatic carbocycles. The zero-order valence-electron chi connectivity index (χ0n) is 9.12. The van der Waals surface area contributed by atoms with Gasteiger partial charge in [0.2, 0.25) is 0 Å². The highest BCUT2D eigenvalue weighted by Crippen LogP contribution is 2.22. The van der Waals surface area contributed by atoms with Crippen LogP contribution in [0.15, 0.2) is 18.2 Å². The van der Waals surface area contributed by atoms with Crippen LogP contribution in [0.4, 0.5) is 5.82 Å². The van der Waals surface area contributed by atoms with Gasteiger partial charge in [-0.15, -0.1) is 0 Å². The van der Waals surface area contributed by atoms with Crippen LogP contribution in [0.25, 0.3) is 10.9 Å². The van der Waals surface area contributed by atoms with Crippen LogP contribution in [0.3, 0.4) is 0 Å². The molecule has 0 amide bonds. The van der Waals surface area contributed by atoms with Crippen molar-refractivity contribution in [3.63, 3.8) is 0 Å². The lowest BCUT2D eigenvalue weighted by molar-refractivity contribution is 0.796. The molecule has 1 aromatic heterocycles. The number of hydrogen-bond acceptors (Lipinski definition) is 3. The number of hydrogen-bond donors (Lipinski definition) is 2. The smallest absolute Gasteiger partial charge is 0.156 e. The van der Waals surface area contributed by atoms with Crippen LogP contribution < -0.4 is 11.1 Å². The van der Waals surface area contributed by atoms with Crippen molar-refractivity contribution < 1.29 is 0 Å². The molecule has 1 aromatic carbocycles. The molecule has 80 valence electrons. The second kappa shape index (κ2) is 3.90. The van der Waals surface area contributed by atoms with Crippen LogP contribution in [-0.4, -0.2) is 22.9 Å². The minimum Gasteiger partial charge on any atom is -0.367 e. The molecule has 15 heavy (non-hydrogen) atoms. The summed E-state index contributed by atoms with van der Waals surface area (Å²) in [5, 5.41) is 8.81. The molecule has 4 heteroatoms. The zero-order valence-corrected chi connectivity index (χ0v) is 9.12. The van der Waals surface area contributed by atoms with Crippen molar-refractivity contribution in [1.29, 1.82) is 0 Å². The van der Waals surface area contributed by atoms with Gasteiger partial charge >= 0.3 is 0 Å². The molecule has 0 unspecified atom stereocenters. The summed E-state index contributed by atoms with van der Waals surface area (Å²) in [6.45, 7) is 3.45. The third-order valence-electron chi connectivity index (χ3n) is 2.44. The predicted molar refractivity (Wildman–Crippen MR) is 63.0 cm³/mol. The van der Waals surface area contributed by atoms with E-state index in [1.807, 2.05) is 11.7 Å². The molecular formula is C11H16N4. The average molecular weight is 204 g/mol. The van der Waals surface area contributed by atoms with Gasteiger partial charge in [0.15, 0.2) is 5.82 Å². The van der Waals surface area contributed by atoms with Crippen LogP contribution in [0, 0.1) is 6.92 Å². The van der Waals surface area contributed by atoms with E-state index in [4.69, 9.17) is 5.73 Å². The lowest BCUT2D eigenvalue weighted by atomic mass is 10.2. The Hall–Kier alpha value is -1.55. The summed E-state index contributed by atoms with van der Waals surface area (Å²) in [6, 6.07) is 6.32. The first-order chi connectivity index (χ1) is 7.22. The third-order valence-corrected chi connectivity index (χ3v) is 2.44. The maximum atomic E-state index is 5.46. The van der Waals surface area contributed by atoms with Crippen molar-refractivity contribution >= 4 is 16.7 Å². The molecule has 0 atom stereocenters. The summed E-state index contributed by atoms with van der Waals surface area (Å²) in [6.07, 6.45) is 0. The van der Waals surface area contributed by atoms with Crippen molar-refractivity contribution in [2.45, 2.75) is 6.92 Å². The predicted octanol–water partition coefficient (Wildman–Crippen LogP) is 1.25. The van der Waals surface area contributed by atoms with Gasteiger partial charge < -0.3 is 11.1 Å². The van der Waals surface area contributed by atoms with Crippen molar-refractivity contribution in [2.75, 3.05) is 18.4 Å². The quantitative estimate of drug-likeness (QED) is 0.791. The van der Waals surface area contributed by atoms with Gasteiger partial charge in [0, 0.05) is 25.5 Å². The van der Waals surface area contributed by atoms with Gasteiger partial charge in [-0.2, -0.15) is 5.10 Å². The average Bonchev–Trinajstić information content (AvgIpc) is 2.52. The molecule has 3 N–H and O–H groups in total. The lowest BCUT2D eigenvalue weighted by Crippen LogP contribution is -2.13. The molecule has 2 rings (SSSR count). The minimum absolute atomic E-state index is 0.615. The fourth-order valence-electron chi connectivity index (χ4n) is 1.70. The molecule has 0 fully saturated rings. The molecule has 0 radical (unpaired) electrons. The number of fused-ring (bicyclic) bond motifs is 1. The molecule has 0 saturated heterocycles. The van der Waals surface area contributed by atoms with Crippen molar-refractivity contribution in [3.8, 4) is 0 Å². The molecule has 2 aromatic rings. The largest absolute Gasteiger partial charge is 0.367 e. The van der Waals surface area contributed by atoms with E-state index >= 15 is 0 Å². The summed E-state index contributed by atoms with van der Waals surface area (Å²) in [5.41, 5.74) is 7.84. The highest BCUT2D eigenvalue weighted by molar-refractivity contribution is 5.90. The first-order valence-corrected chi connectivity index (χ1v) is 5.09. The number of nitrogens with one attached hydrogen (secondary N) is 1. The van der Waals surface area contributed by atoms with Crippen molar-refractivity contribution in [2.24, 2.45) is 12.8 Å². The summed E-state index contributed by atoms with van der Waals surface area (Å²) >= 11 is 0. The van der Waals surface area contributed by atoms with E-state index < -0.39 is 0 Å². The van der Waals surface area contributed by atoms with E-state index in [2.05, 4.69) is 35.5 Å². The molecule has 4 nitrogen and oxygen atoms in total. The van der Waals surface area contributed by atoms with Gasteiger partial charge in [0.25, 0.3) is 0 Å². The van der Waals surface area contributed by atoms with Crippen LogP contribution in [0.1, 0.15) is 5.56 Å². The summed E-state index contributed by atoms with van der Waals surface area (Å²) in [5.74, 6) is 0.918. The number of aryl methyl sites for hydroxylation is 2. The van der Waals surface area contributed by atoms with E-state index in [9.17, 15) is 0 Å². The van der Waals surface area contributed by atoms with E-state index in [1.54, 1.807) is 0 Å². The van der Waals surface area contributed by atoms with Crippen LogP contribution in [-0.2, 0) is 7.05 Å². The fourth-order valence-corrected chi connectivity index (χ4v) is 1.70. The van der Waals surface area contributed by atoms with E-state index in [0.717, 1.165) is 23.3 Å². The highest BCUT2D eigenvalue weighted by Gasteiger charge is 2.07. The SMILES string of the molecule is Cc1ccc2c(c1)c(NCCN)nn2C. The topological polar surface area (TPSA) is 55.9 Å². The maximum absolute atomic E-state index is 5.46. The zero-order chi connectivity index (χ0) is 10.8. The lowest BCUT2D eigenvalue weighted by Gasteiger charge is -2.00. The van der Waals surface area contributed by atoms with Crippen LogP contribution in [0.5, 0.6) is 0 Å². The Morgan fingerprint density at radius 2 is 2.27 bits per heavy atom. The number of benzene rings is 1.